The lowest BCUT2D eigenvalue weighted by molar-refractivity contribution is -0.167. The molecular weight excluding hydrogens is 781 g/mol. The summed E-state index contributed by atoms with van der Waals surface area (Å²) in [5, 5.41) is 0. The van der Waals surface area contributed by atoms with Crippen LogP contribution in [-0.2, 0) is 28.6 Å². The number of allylic oxidation sites excluding steroid dienone is 4. The summed E-state index contributed by atoms with van der Waals surface area (Å²) in [6, 6.07) is 0. The van der Waals surface area contributed by atoms with Gasteiger partial charge < -0.3 is 14.2 Å². The van der Waals surface area contributed by atoms with Gasteiger partial charge in [0.05, 0.1) is 0 Å². The average molecular weight is 887 g/mol. The second kappa shape index (κ2) is 52.5. The monoisotopic (exact) mass is 887 g/mol. The summed E-state index contributed by atoms with van der Waals surface area (Å²) in [6.07, 6.45) is 60.2. The number of unbranched alkanes of at least 4 members (excludes halogenated alkanes) is 36. The van der Waals surface area contributed by atoms with E-state index in [1.807, 2.05) is 0 Å². The Morgan fingerprint density at radius 2 is 0.619 bits per heavy atom. The van der Waals surface area contributed by atoms with E-state index in [0.29, 0.717) is 19.3 Å². The van der Waals surface area contributed by atoms with Crippen LogP contribution < -0.4 is 0 Å². The van der Waals surface area contributed by atoms with Gasteiger partial charge in [-0.3, -0.25) is 14.4 Å². The smallest absolute Gasteiger partial charge is 0.306 e. The van der Waals surface area contributed by atoms with Gasteiger partial charge in [0.1, 0.15) is 13.2 Å². The van der Waals surface area contributed by atoms with Crippen LogP contribution in [0.3, 0.4) is 0 Å². The Hall–Kier alpha value is -2.11. The Kier molecular flexibility index (Phi) is 50.8. The van der Waals surface area contributed by atoms with E-state index in [2.05, 4.69) is 45.1 Å². The molecule has 0 rings (SSSR count). The maximum atomic E-state index is 12.8. The van der Waals surface area contributed by atoms with Gasteiger partial charge in [-0.2, -0.15) is 0 Å². The highest BCUT2D eigenvalue weighted by Gasteiger charge is 2.19. The van der Waals surface area contributed by atoms with E-state index in [0.717, 1.165) is 77.0 Å². The molecule has 0 heterocycles. The Labute approximate surface area is 392 Å². The minimum Gasteiger partial charge on any atom is -0.462 e. The van der Waals surface area contributed by atoms with Crippen LogP contribution in [0, 0.1) is 0 Å². The summed E-state index contributed by atoms with van der Waals surface area (Å²) in [5.74, 6) is -0.857. The predicted molar refractivity (Wildman–Crippen MR) is 270 cm³/mol. The third-order valence-corrected chi connectivity index (χ3v) is 12.5. The number of rotatable bonds is 51. The van der Waals surface area contributed by atoms with Gasteiger partial charge in [0.15, 0.2) is 6.10 Å². The zero-order valence-electron chi connectivity index (χ0n) is 42.4. The van der Waals surface area contributed by atoms with E-state index < -0.39 is 6.10 Å². The van der Waals surface area contributed by atoms with Gasteiger partial charge in [-0.25, -0.2) is 0 Å². The van der Waals surface area contributed by atoms with Crippen molar-refractivity contribution in [1.82, 2.24) is 0 Å². The molecule has 0 radical (unpaired) electrons. The number of carbonyl (C=O) groups excluding carboxylic acids is 3. The Morgan fingerprint density at radius 1 is 0.333 bits per heavy atom. The summed E-state index contributed by atoms with van der Waals surface area (Å²) < 4.78 is 16.9. The standard InChI is InChI=1S/C57H106O6/c1-4-7-10-13-16-19-22-25-28-30-32-35-38-41-44-47-50-56(59)62-53-54(52-61-55(58)49-46-43-40-37-34-31-27-24-21-18-15-12-9-6-3)63-57(60)51-48-45-42-39-36-33-29-26-23-20-17-14-11-8-5-2/h9,12,18,21,54H,4-8,10-11,13-17,19-20,22-53H2,1-3H3/b12-9-,21-18-. The molecule has 0 amide bonds. The number of ether oxygens (including phenoxy) is 3. The molecule has 6 heteroatoms. The molecular formula is C57H106O6. The largest absolute Gasteiger partial charge is 0.462 e. The van der Waals surface area contributed by atoms with E-state index in [9.17, 15) is 14.4 Å². The molecule has 1 atom stereocenters. The first-order chi connectivity index (χ1) is 31.0. The fourth-order valence-electron chi connectivity index (χ4n) is 8.31. The van der Waals surface area contributed by atoms with E-state index in [4.69, 9.17) is 14.2 Å². The number of hydrogen-bond acceptors (Lipinski definition) is 6. The first-order valence-corrected chi connectivity index (χ1v) is 27.8. The highest BCUT2D eigenvalue weighted by Crippen LogP contribution is 2.17. The molecule has 0 aromatic heterocycles. The third-order valence-electron chi connectivity index (χ3n) is 12.5. The average Bonchev–Trinajstić information content (AvgIpc) is 3.28. The molecule has 0 aromatic carbocycles. The van der Waals surface area contributed by atoms with Gasteiger partial charge in [0.25, 0.3) is 0 Å². The van der Waals surface area contributed by atoms with E-state index in [1.54, 1.807) is 0 Å². The molecule has 0 aliphatic carbocycles. The van der Waals surface area contributed by atoms with Gasteiger partial charge in [-0.15, -0.1) is 0 Å². The van der Waals surface area contributed by atoms with Crippen LogP contribution in [0.4, 0.5) is 0 Å². The molecule has 0 spiro atoms. The lowest BCUT2D eigenvalue weighted by Gasteiger charge is -2.18. The number of esters is 3. The van der Waals surface area contributed by atoms with Gasteiger partial charge in [-0.1, -0.05) is 263 Å². The molecule has 0 bridgehead atoms. The summed E-state index contributed by atoms with van der Waals surface area (Å²) in [5.41, 5.74) is 0. The first kappa shape index (κ1) is 60.9. The van der Waals surface area contributed by atoms with Crippen LogP contribution >= 0.6 is 0 Å². The fourth-order valence-corrected chi connectivity index (χ4v) is 8.31. The zero-order valence-corrected chi connectivity index (χ0v) is 42.4. The normalized spacial score (nSPS) is 12.1. The van der Waals surface area contributed by atoms with Crippen molar-refractivity contribution in [2.45, 2.75) is 309 Å². The van der Waals surface area contributed by atoms with Crippen LogP contribution in [0.2, 0.25) is 0 Å². The molecule has 0 N–H and O–H groups in total. The Balaban J connectivity index is 4.32. The second-order valence-corrected chi connectivity index (χ2v) is 18.8. The fraction of sp³-hybridized carbons (Fsp3) is 0.877. The third kappa shape index (κ3) is 50.7. The van der Waals surface area contributed by atoms with Crippen molar-refractivity contribution in [1.29, 1.82) is 0 Å². The van der Waals surface area contributed by atoms with E-state index >= 15 is 0 Å². The first-order valence-electron chi connectivity index (χ1n) is 27.8. The second-order valence-electron chi connectivity index (χ2n) is 18.8. The quantitative estimate of drug-likeness (QED) is 0.0262. The highest BCUT2D eigenvalue weighted by molar-refractivity contribution is 5.71. The maximum absolute atomic E-state index is 12.8. The van der Waals surface area contributed by atoms with Crippen molar-refractivity contribution in [2.24, 2.45) is 0 Å². The molecule has 370 valence electrons. The maximum Gasteiger partial charge on any atom is 0.306 e. The highest BCUT2D eigenvalue weighted by atomic mass is 16.6. The van der Waals surface area contributed by atoms with Crippen LogP contribution in [0.25, 0.3) is 0 Å². The van der Waals surface area contributed by atoms with Crippen LogP contribution in [0.5, 0.6) is 0 Å². The molecule has 0 fully saturated rings. The van der Waals surface area contributed by atoms with Crippen molar-refractivity contribution in [3.8, 4) is 0 Å². The molecule has 1 unspecified atom stereocenters. The van der Waals surface area contributed by atoms with Crippen LogP contribution in [-0.4, -0.2) is 37.2 Å². The van der Waals surface area contributed by atoms with Crippen molar-refractivity contribution in [3.05, 3.63) is 24.3 Å². The lowest BCUT2D eigenvalue weighted by Crippen LogP contribution is -2.30. The summed E-state index contributed by atoms with van der Waals surface area (Å²) in [4.78, 5) is 38.1. The molecule has 0 aromatic rings. The summed E-state index contributed by atoms with van der Waals surface area (Å²) >= 11 is 0. The molecule has 63 heavy (non-hydrogen) atoms. The predicted octanol–water partition coefficient (Wildman–Crippen LogP) is 18.3. The number of carbonyl (C=O) groups is 3. The molecule has 0 saturated heterocycles. The Morgan fingerprint density at radius 3 is 0.952 bits per heavy atom. The van der Waals surface area contributed by atoms with Crippen molar-refractivity contribution in [2.75, 3.05) is 13.2 Å². The van der Waals surface area contributed by atoms with Crippen LogP contribution in [0.15, 0.2) is 24.3 Å². The van der Waals surface area contributed by atoms with E-state index in [1.165, 1.54) is 186 Å². The topological polar surface area (TPSA) is 78.9 Å². The summed E-state index contributed by atoms with van der Waals surface area (Å²) in [7, 11) is 0. The number of hydrogen-bond donors (Lipinski definition) is 0. The lowest BCUT2D eigenvalue weighted by atomic mass is 10.0. The van der Waals surface area contributed by atoms with Gasteiger partial charge >= 0.3 is 17.9 Å². The molecule has 0 aliphatic heterocycles. The minimum atomic E-state index is -0.768. The van der Waals surface area contributed by atoms with Crippen molar-refractivity contribution < 1.29 is 28.6 Å². The zero-order chi connectivity index (χ0) is 45.8. The van der Waals surface area contributed by atoms with Crippen LogP contribution in [0.1, 0.15) is 303 Å². The molecule has 6 nitrogen and oxygen atoms in total. The van der Waals surface area contributed by atoms with Gasteiger partial charge in [0, 0.05) is 19.3 Å². The molecule has 0 aliphatic rings. The summed E-state index contributed by atoms with van der Waals surface area (Å²) in [6.45, 7) is 6.57. The minimum absolute atomic E-state index is 0.0682. The van der Waals surface area contributed by atoms with Crippen molar-refractivity contribution >= 4 is 17.9 Å². The molecule has 0 saturated carbocycles. The SMILES string of the molecule is CC/C=C\C/C=C\CCCCCCCCCC(=O)OCC(COC(=O)CCCCCCCCCCCCCCCCCC)OC(=O)CCCCCCCCCCCCCCCCC. The van der Waals surface area contributed by atoms with Crippen molar-refractivity contribution in [3.63, 3.8) is 0 Å². The Bertz CT molecular complexity index is 1020. The van der Waals surface area contributed by atoms with Gasteiger partial charge in [0.2, 0.25) is 0 Å². The van der Waals surface area contributed by atoms with E-state index in [-0.39, 0.29) is 31.1 Å². The van der Waals surface area contributed by atoms with Gasteiger partial charge in [-0.05, 0) is 44.9 Å².